The van der Waals surface area contributed by atoms with Crippen molar-refractivity contribution in [3.05, 3.63) is 47.8 Å². The van der Waals surface area contributed by atoms with Crippen molar-refractivity contribution in [1.82, 2.24) is 9.47 Å². The maximum atomic E-state index is 12.7. The van der Waals surface area contributed by atoms with Crippen LogP contribution in [-0.2, 0) is 6.54 Å². The number of benzene rings is 1. The summed E-state index contributed by atoms with van der Waals surface area (Å²) in [7, 11) is 0. The summed E-state index contributed by atoms with van der Waals surface area (Å²) in [5, 5.41) is 3.01. The number of hydrogen-bond donors (Lipinski definition) is 1. The van der Waals surface area contributed by atoms with Gasteiger partial charge in [-0.3, -0.25) is 0 Å². The van der Waals surface area contributed by atoms with Crippen molar-refractivity contribution in [2.24, 2.45) is 0 Å². The zero-order valence-electron chi connectivity index (χ0n) is 14.6. The monoisotopic (exact) mass is 327 g/mol. The average molecular weight is 327 g/mol. The zero-order chi connectivity index (χ0) is 17.1. The average Bonchev–Trinajstić information content (AvgIpc) is 2.97. The number of aryl methyl sites for hydroxylation is 1. The van der Waals surface area contributed by atoms with Gasteiger partial charge in [-0.05, 0) is 56.7 Å². The van der Waals surface area contributed by atoms with Crippen LogP contribution >= 0.6 is 0 Å². The normalized spacial score (nSPS) is 16.6. The molecule has 5 heteroatoms. The first kappa shape index (κ1) is 16.4. The van der Waals surface area contributed by atoms with Gasteiger partial charge < -0.3 is 19.5 Å². The third kappa shape index (κ3) is 3.11. The molecule has 2 amide bonds. The minimum Gasteiger partial charge on any atom is -0.494 e. The molecule has 1 aromatic heterocycles. The van der Waals surface area contributed by atoms with Crippen molar-refractivity contribution in [3.63, 3.8) is 0 Å². The largest absolute Gasteiger partial charge is 0.494 e. The molecule has 0 unspecified atom stereocenters. The SMILES string of the molecule is CCOc1ccc(NC(=O)N2CCn3c(C)ccc3[C@@H]2CC)cc1. The standard InChI is InChI=1S/C19H25N3O2/c1-4-17-18-11-6-14(3)21(18)12-13-22(17)19(23)20-15-7-9-16(10-8-15)24-5-2/h6-11,17H,4-5,12-13H2,1-3H3,(H,20,23)/t17-/m0/s1. The van der Waals surface area contributed by atoms with Gasteiger partial charge in [0.15, 0.2) is 0 Å². The number of nitrogens with zero attached hydrogens (tertiary/aromatic N) is 2. The first-order valence-corrected chi connectivity index (χ1v) is 8.60. The Labute approximate surface area is 143 Å². The zero-order valence-corrected chi connectivity index (χ0v) is 14.6. The van der Waals surface area contributed by atoms with Gasteiger partial charge >= 0.3 is 6.03 Å². The molecule has 1 N–H and O–H groups in total. The van der Waals surface area contributed by atoms with Gasteiger partial charge in [0.25, 0.3) is 0 Å². The molecule has 0 bridgehead atoms. The molecule has 1 aliphatic heterocycles. The Bertz CT molecular complexity index is 706. The minimum atomic E-state index is -0.0453. The van der Waals surface area contributed by atoms with Crippen LogP contribution in [-0.4, -0.2) is 28.6 Å². The lowest BCUT2D eigenvalue weighted by Crippen LogP contribution is -2.44. The van der Waals surface area contributed by atoms with Gasteiger partial charge in [0, 0.05) is 30.2 Å². The summed E-state index contributed by atoms with van der Waals surface area (Å²) < 4.78 is 7.75. The van der Waals surface area contributed by atoms with E-state index in [0.717, 1.165) is 30.9 Å². The molecular weight excluding hydrogens is 302 g/mol. The number of carbonyl (C=O) groups excluding carboxylic acids is 1. The van der Waals surface area contributed by atoms with Crippen molar-refractivity contribution in [2.75, 3.05) is 18.5 Å². The number of carbonyl (C=O) groups is 1. The van der Waals surface area contributed by atoms with E-state index < -0.39 is 0 Å². The van der Waals surface area contributed by atoms with Gasteiger partial charge in [0.05, 0.1) is 12.6 Å². The fourth-order valence-electron chi connectivity index (χ4n) is 3.38. The number of fused-ring (bicyclic) bond motifs is 1. The molecule has 0 aliphatic carbocycles. The number of urea groups is 1. The Morgan fingerprint density at radius 3 is 2.58 bits per heavy atom. The summed E-state index contributed by atoms with van der Waals surface area (Å²) in [5.74, 6) is 0.813. The minimum absolute atomic E-state index is 0.0453. The topological polar surface area (TPSA) is 46.5 Å². The van der Waals surface area contributed by atoms with Gasteiger partial charge in [-0.1, -0.05) is 6.92 Å². The number of aromatic nitrogens is 1. The number of nitrogens with one attached hydrogen (secondary N) is 1. The van der Waals surface area contributed by atoms with E-state index in [0.29, 0.717) is 6.61 Å². The van der Waals surface area contributed by atoms with Gasteiger partial charge in [0.1, 0.15) is 5.75 Å². The van der Waals surface area contributed by atoms with E-state index in [-0.39, 0.29) is 12.1 Å². The molecule has 1 aliphatic rings. The maximum absolute atomic E-state index is 12.7. The molecule has 2 aromatic rings. The van der Waals surface area contributed by atoms with E-state index in [1.54, 1.807) is 0 Å². The lowest BCUT2D eigenvalue weighted by atomic mass is 10.1. The highest BCUT2D eigenvalue weighted by Crippen LogP contribution is 2.30. The fraction of sp³-hybridized carbons (Fsp3) is 0.421. The predicted molar refractivity (Wildman–Crippen MR) is 95.5 cm³/mol. The molecule has 3 rings (SSSR count). The molecule has 128 valence electrons. The van der Waals surface area contributed by atoms with E-state index in [2.05, 4.69) is 35.9 Å². The van der Waals surface area contributed by atoms with Gasteiger partial charge in [-0.15, -0.1) is 0 Å². The molecule has 0 radical (unpaired) electrons. The lowest BCUT2D eigenvalue weighted by Gasteiger charge is -2.37. The second-order valence-corrected chi connectivity index (χ2v) is 6.06. The van der Waals surface area contributed by atoms with Crippen LogP contribution in [0.4, 0.5) is 10.5 Å². The summed E-state index contributed by atoms with van der Waals surface area (Å²) in [6, 6.07) is 11.8. The molecule has 0 saturated heterocycles. The van der Waals surface area contributed by atoms with Gasteiger partial charge in [-0.2, -0.15) is 0 Å². The quantitative estimate of drug-likeness (QED) is 0.915. The number of hydrogen-bond acceptors (Lipinski definition) is 2. The maximum Gasteiger partial charge on any atom is 0.322 e. The Balaban J connectivity index is 1.72. The summed E-state index contributed by atoms with van der Waals surface area (Å²) in [6.45, 7) is 8.40. The van der Waals surface area contributed by atoms with Crippen LogP contribution in [0, 0.1) is 6.92 Å². The van der Waals surface area contributed by atoms with Crippen molar-refractivity contribution < 1.29 is 9.53 Å². The second kappa shape index (κ2) is 6.99. The van der Waals surface area contributed by atoms with Crippen molar-refractivity contribution in [2.45, 2.75) is 39.8 Å². The molecule has 0 fully saturated rings. The fourth-order valence-corrected chi connectivity index (χ4v) is 3.38. The summed E-state index contributed by atoms with van der Waals surface area (Å²) in [4.78, 5) is 14.7. The number of ether oxygens (including phenoxy) is 1. The third-order valence-corrected chi connectivity index (χ3v) is 4.58. The van der Waals surface area contributed by atoms with Gasteiger partial charge in [-0.25, -0.2) is 4.79 Å². The summed E-state index contributed by atoms with van der Waals surface area (Å²) >= 11 is 0. The van der Waals surface area contributed by atoms with E-state index in [4.69, 9.17) is 4.74 Å². The molecule has 1 aromatic carbocycles. The second-order valence-electron chi connectivity index (χ2n) is 6.06. The summed E-state index contributed by atoms with van der Waals surface area (Å²) in [5.41, 5.74) is 3.27. The Kier molecular flexibility index (Phi) is 4.79. The molecule has 0 saturated carbocycles. The van der Waals surface area contributed by atoms with Crippen LogP contribution in [0.5, 0.6) is 5.75 Å². The van der Waals surface area contributed by atoms with E-state index in [1.165, 1.54) is 11.4 Å². The molecule has 1 atom stereocenters. The molecule has 0 spiro atoms. The molecule has 24 heavy (non-hydrogen) atoms. The third-order valence-electron chi connectivity index (χ3n) is 4.58. The highest BCUT2D eigenvalue weighted by Gasteiger charge is 2.30. The van der Waals surface area contributed by atoms with Crippen LogP contribution in [0.2, 0.25) is 0 Å². The van der Waals surface area contributed by atoms with Crippen molar-refractivity contribution >= 4 is 11.7 Å². The molecule has 2 heterocycles. The first-order chi connectivity index (χ1) is 11.6. The Hall–Kier alpha value is -2.43. The van der Waals surface area contributed by atoms with E-state index in [1.807, 2.05) is 36.1 Å². The smallest absolute Gasteiger partial charge is 0.322 e. The van der Waals surface area contributed by atoms with Crippen LogP contribution in [0.25, 0.3) is 0 Å². The molecular formula is C19H25N3O2. The highest BCUT2D eigenvalue weighted by atomic mass is 16.5. The van der Waals surface area contributed by atoms with Crippen LogP contribution in [0.3, 0.4) is 0 Å². The van der Waals surface area contributed by atoms with Crippen LogP contribution in [0.15, 0.2) is 36.4 Å². The van der Waals surface area contributed by atoms with E-state index in [9.17, 15) is 4.79 Å². The first-order valence-electron chi connectivity index (χ1n) is 8.60. The number of rotatable bonds is 4. The van der Waals surface area contributed by atoms with E-state index >= 15 is 0 Å². The predicted octanol–water partition coefficient (Wildman–Crippen LogP) is 4.19. The van der Waals surface area contributed by atoms with Crippen molar-refractivity contribution in [3.8, 4) is 5.75 Å². The number of anilines is 1. The van der Waals surface area contributed by atoms with Crippen molar-refractivity contribution in [1.29, 1.82) is 0 Å². The number of amides is 2. The van der Waals surface area contributed by atoms with Crippen LogP contribution < -0.4 is 10.1 Å². The Morgan fingerprint density at radius 1 is 1.17 bits per heavy atom. The lowest BCUT2D eigenvalue weighted by molar-refractivity contribution is 0.165. The Morgan fingerprint density at radius 2 is 1.92 bits per heavy atom. The summed E-state index contributed by atoms with van der Waals surface area (Å²) in [6.07, 6.45) is 0.903. The highest BCUT2D eigenvalue weighted by molar-refractivity contribution is 5.89. The van der Waals surface area contributed by atoms with Crippen LogP contribution in [0.1, 0.15) is 37.7 Å². The van der Waals surface area contributed by atoms with Gasteiger partial charge in [0.2, 0.25) is 0 Å². The molecule has 5 nitrogen and oxygen atoms in total.